The number of aromatic nitrogens is 3. The van der Waals surface area contributed by atoms with Gasteiger partial charge < -0.3 is 19.7 Å². The number of rotatable bonds is 6. The van der Waals surface area contributed by atoms with Crippen LogP contribution in [0.25, 0.3) is 0 Å². The highest BCUT2D eigenvalue weighted by Gasteiger charge is 2.34. The molecule has 3 atom stereocenters. The molecule has 7 heteroatoms. The Kier molecular flexibility index (Phi) is 5.34. The van der Waals surface area contributed by atoms with Gasteiger partial charge >= 0.3 is 0 Å². The number of para-hydroxylation sites is 1. The fourth-order valence-electron chi connectivity index (χ4n) is 3.56. The van der Waals surface area contributed by atoms with Crippen molar-refractivity contribution in [3.63, 3.8) is 0 Å². The Morgan fingerprint density at radius 2 is 2.04 bits per heavy atom. The molecule has 2 aromatic heterocycles. The third-order valence-electron chi connectivity index (χ3n) is 4.92. The number of pyridine rings is 1. The second-order valence-corrected chi connectivity index (χ2v) is 7.04. The summed E-state index contributed by atoms with van der Waals surface area (Å²) in [6, 6.07) is 12.4. The van der Waals surface area contributed by atoms with Crippen LogP contribution in [-0.2, 0) is 6.54 Å². The molecule has 1 unspecified atom stereocenters. The number of benzene rings is 1. The smallest absolute Gasteiger partial charge is 0.270 e. The quantitative estimate of drug-likeness (QED) is 0.688. The number of aliphatic hydroxyl groups excluding tert-OH is 1. The number of nitrogens with one attached hydrogen (secondary N) is 1. The molecule has 3 aromatic rings. The number of hydrogen-bond acceptors (Lipinski definition) is 5. The number of hydrogen-bond donors (Lipinski definition) is 2. The lowest BCUT2D eigenvalue weighted by atomic mass is 10.1. The van der Waals surface area contributed by atoms with Crippen LogP contribution in [0.4, 0.5) is 0 Å². The summed E-state index contributed by atoms with van der Waals surface area (Å²) in [7, 11) is 0. The lowest BCUT2D eigenvalue weighted by Crippen LogP contribution is -2.40. The molecule has 1 fully saturated rings. The second-order valence-electron chi connectivity index (χ2n) is 7.04. The van der Waals surface area contributed by atoms with Gasteiger partial charge in [0.15, 0.2) is 0 Å². The van der Waals surface area contributed by atoms with Crippen LogP contribution in [0, 0.1) is 5.92 Å². The molecule has 7 nitrogen and oxygen atoms in total. The van der Waals surface area contributed by atoms with Gasteiger partial charge in [-0.3, -0.25) is 4.79 Å². The van der Waals surface area contributed by atoms with Gasteiger partial charge in [0.05, 0.1) is 24.7 Å². The summed E-state index contributed by atoms with van der Waals surface area (Å²) in [4.78, 5) is 20.7. The third-order valence-corrected chi connectivity index (χ3v) is 4.92. The van der Waals surface area contributed by atoms with Crippen LogP contribution in [0.15, 0.2) is 67.4 Å². The Morgan fingerprint density at radius 1 is 1.18 bits per heavy atom. The average Bonchev–Trinajstić information content (AvgIpc) is 3.33. The number of aliphatic hydroxyl groups is 1. The van der Waals surface area contributed by atoms with Gasteiger partial charge in [0, 0.05) is 18.9 Å². The monoisotopic (exact) mass is 378 g/mol. The standard InChI is InChI=1S/C21H22N4O3/c26-20-11-15(13-25-9-8-22-14-25)10-19(20)24-21(27)18-7-6-17(12-23-18)28-16-4-2-1-3-5-16/h1-9,12,14-15,19-20,26H,10-11,13H2,(H,24,27)/t15?,19-,20-/m1/s1. The first kappa shape index (κ1) is 18.2. The van der Waals surface area contributed by atoms with E-state index in [1.165, 1.54) is 6.20 Å². The molecule has 2 heterocycles. The van der Waals surface area contributed by atoms with E-state index in [1.807, 2.05) is 41.1 Å². The molecule has 0 aliphatic heterocycles. The van der Waals surface area contributed by atoms with Gasteiger partial charge in [-0.25, -0.2) is 9.97 Å². The Labute approximate surface area is 163 Å². The Hall–Kier alpha value is -3.19. The van der Waals surface area contributed by atoms with E-state index in [0.29, 0.717) is 29.5 Å². The number of carbonyl (C=O) groups excluding carboxylic acids is 1. The normalized spacial score (nSPS) is 21.4. The van der Waals surface area contributed by atoms with Crippen LogP contribution in [0.2, 0.25) is 0 Å². The van der Waals surface area contributed by atoms with E-state index >= 15 is 0 Å². The molecule has 0 bridgehead atoms. The molecule has 0 radical (unpaired) electrons. The van der Waals surface area contributed by atoms with Crippen molar-refractivity contribution in [3.05, 3.63) is 73.1 Å². The zero-order valence-electron chi connectivity index (χ0n) is 15.3. The first-order valence-corrected chi connectivity index (χ1v) is 9.31. The molecule has 144 valence electrons. The van der Waals surface area contributed by atoms with Crippen LogP contribution in [0.3, 0.4) is 0 Å². The molecular formula is C21H22N4O3. The molecule has 1 aliphatic rings. The van der Waals surface area contributed by atoms with Gasteiger partial charge in [-0.05, 0) is 43.0 Å². The lowest BCUT2D eigenvalue weighted by Gasteiger charge is -2.16. The van der Waals surface area contributed by atoms with Crippen LogP contribution < -0.4 is 10.1 Å². The fourth-order valence-corrected chi connectivity index (χ4v) is 3.56. The summed E-state index contributed by atoms with van der Waals surface area (Å²) < 4.78 is 7.68. The minimum Gasteiger partial charge on any atom is -0.456 e. The number of imidazole rings is 1. The molecular weight excluding hydrogens is 356 g/mol. The number of amides is 1. The Balaban J connectivity index is 1.33. The van der Waals surface area contributed by atoms with Crippen LogP contribution >= 0.6 is 0 Å². The van der Waals surface area contributed by atoms with Gasteiger partial charge in [0.1, 0.15) is 17.2 Å². The first-order chi connectivity index (χ1) is 13.7. The van der Waals surface area contributed by atoms with Crippen molar-refractivity contribution in [1.82, 2.24) is 19.9 Å². The minimum atomic E-state index is -0.557. The molecule has 1 aliphatic carbocycles. The SMILES string of the molecule is O=C(N[C@@H]1CC(Cn2ccnc2)C[C@H]1O)c1ccc(Oc2ccccc2)cn1. The highest BCUT2D eigenvalue weighted by Crippen LogP contribution is 2.28. The van der Waals surface area contributed by atoms with Crippen molar-refractivity contribution in [2.24, 2.45) is 5.92 Å². The number of nitrogens with zero attached hydrogens (tertiary/aromatic N) is 3. The average molecular weight is 378 g/mol. The van der Waals surface area contributed by atoms with Gasteiger partial charge in [-0.15, -0.1) is 0 Å². The summed E-state index contributed by atoms with van der Waals surface area (Å²) in [5.41, 5.74) is 0.297. The van der Waals surface area contributed by atoms with E-state index in [1.54, 1.807) is 24.7 Å². The Bertz CT molecular complexity index is 897. The van der Waals surface area contributed by atoms with Crippen molar-refractivity contribution in [2.45, 2.75) is 31.5 Å². The predicted octanol–water partition coefficient (Wildman–Crippen LogP) is 2.64. The van der Waals surface area contributed by atoms with Gasteiger partial charge in [-0.1, -0.05) is 18.2 Å². The topological polar surface area (TPSA) is 89.3 Å². The highest BCUT2D eigenvalue weighted by molar-refractivity contribution is 5.92. The number of carbonyl (C=O) groups is 1. The van der Waals surface area contributed by atoms with Gasteiger partial charge in [-0.2, -0.15) is 0 Å². The molecule has 1 saturated carbocycles. The summed E-state index contributed by atoms with van der Waals surface area (Å²) in [6.07, 6.45) is 7.75. The van der Waals surface area contributed by atoms with Crippen molar-refractivity contribution in [1.29, 1.82) is 0 Å². The van der Waals surface area contributed by atoms with E-state index in [2.05, 4.69) is 15.3 Å². The second kappa shape index (κ2) is 8.22. The molecule has 2 N–H and O–H groups in total. The molecule has 1 amide bonds. The van der Waals surface area contributed by atoms with Crippen molar-refractivity contribution in [3.8, 4) is 11.5 Å². The van der Waals surface area contributed by atoms with Gasteiger partial charge in [0.25, 0.3) is 5.91 Å². The maximum Gasteiger partial charge on any atom is 0.270 e. The largest absolute Gasteiger partial charge is 0.456 e. The van der Waals surface area contributed by atoms with E-state index in [4.69, 9.17) is 4.74 Å². The minimum absolute atomic E-state index is 0.275. The molecule has 4 rings (SSSR count). The molecule has 0 saturated heterocycles. The zero-order chi connectivity index (χ0) is 19.3. The maximum absolute atomic E-state index is 12.5. The summed E-state index contributed by atoms with van der Waals surface area (Å²) >= 11 is 0. The molecule has 28 heavy (non-hydrogen) atoms. The number of ether oxygens (including phenoxy) is 1. The van der Waals surface area contributed by atoms with E-state index in [0.717, 1.165) is 13.0 Å². The molecule has 0 spiro atoms. The first-order valence-electron chi connectivity index (χ1n) is 9.31. The summed E-state index contributed by atoms with van der Waals surface area (Å²) in [5.74, 6) is 1.27. The van der Waals surface area contributed by atoms with Crippen molar-refractivity contribution >= 4 is 5.91 Å². The van der Waals surface area contributed by atoms with Crippen molar-refractivity contribution < 1.29 is 14.6 Å². The van der Waals surface area contributed by atoms with Crippen LogP contribution in [0.5, 0.6) is 11.5 Å². The fraction of sp³-hybridized carbons (Fsp3) is 0.286. The van der Waals surface area contributed by atoms with E-state index in [9.17, 15) is 9.90 Å². The maximum atomic E-state index is 12.5. The third kappa shape index (κ3) is 4.37. The van der Waals surface area contributed by atoms with Crippen molar-refractivity contribution in [2.75, 3.05) is 0 Å². The van der Waals surface area contributed by atoms with Gasteiger partial charge in [0.2, 0.25) is 0 Å². The lowest BCUT2D eigenvalue weighted by molar-refractivity contribution is 0.0868. The van der Waals surface area contributed by atoms with E-state index < -0.39 is 6.10 Å². The highest BCUT2D eigenvalue weighted by atomic mass is 16.5. The van der Waals surface area contributed by atoms with E-state index in [-0.39, 0.29) is 11.9 Å². The predicted molar refractivity (Wildman–Crippen MR) is 103 cm³/mol. The molecule has 1 aromatic carbocycles. The van der Waals surface area contributed by atoms with Crippen LogP contribution in [0.1, 0.15) is 23.3 Å². The Morgan fingerprint density at radius 3 is 2.75 bits per heavy atom. The van der Waals surface area contributed by atoms with Crippen LogP contribution in [-0.4, -0.2) is 37.7 Å². The zero-order valence-corrected chi connectivity index (χ0v) is 15.3. The summed E-state index contributed by atoms with van der Waals surface area (Å²) in [6.45, 7) is 0.785. The summed E-state index contributed by atoms with van der Waals surface area (Å²) in [5, 5.41) is 13.2.